The number of ether oxygens (including phenoxy) is 3. The lowest BCUT2D eigenvalue weighted by atomic mass is 9.73. The molecule has 2 aromatic carbocycles. The van der Waals surface area contributed by atoms with E-state index in [9.17, 15) is 14.7 Å². The van der Waals surface area contributed by atoms with E-state index in [0.29, 0.717) is 49.8 Å². The minimum atomic E-state index is -1.12. The highest BCUT2D eigenvalue weighted by atomic mass is 16.5. The number of likely N-dealkylation sites (tertiary alicyclic amines) is 1. The summed E-state index contributed by atoms with van der Waals surface area (Å²) in [5.41, 5.74) is 0.868. The molecular weight excluding hydrogens is 410 g/mol. The van der Waals surface area contributed by atoms with Crippen molar-refractivity contribution in [1.29, 1.82) is 0 Å². The second-order valence-electron chi connectivity index (χ2n) is 8.33. The van der Waals surface area contributed by atoms with Crippen molar-refractivity contribution in [2.45, 2.75) is 45.3 Å². The molecule has 1 saturated heterocycles. The summed E-state index contributed by atoms with van der Waals surface area (Å²) in [6, 6.07) is 13.1. The molecular formula is C25H29NO6. The molecule has 1 amide bonds. The number of hydrogen-bond acceptors (Lipinski definition) is 5. The van der Waals surface area contributed by atoms with Gasteiger partial charge in [-0.1, -0.05) is 24.3 Å². The molecule has 0 spiro atoms. The topological polar surface area (TPSA) is 85.3 Å². The highest BCUT2D eigenvalue weighted by Gasteiger charge is 2.56. The minimum Gasteiger partial charge on any atom is -0.490 e. The van der Waals surface area contributed by atoms with Gasteiger partial charge in [-0.05, 0) is 56.5 Å². The fraction of sp³-hybridized carbons (Fsp3) is 0.440. The number of carbonyl (C=O) groups excluding carboxylic acids is 1. The first-order valence-electron chi connectivity index (χ1n) is 11.1. The van der Waals surface area contributed by atoms with Crippen molar-refractivity contribution in [1.82, 2.24) is 4.90 Å². The van der Waals surface area contributed by atoms with Gasteiger partial charge in [-0.2, -0.15) is 0 Å². The summed E-state index contributed by atoms with van der Waals surface area (Å²) >= 11 is 0. The molecule has 3 unspecified atom stereocenters. The Labute approximate surface area is 187 Å². The number of rotatable bonds is 8. The Morgan fingerprint density at radius 2 is 1.88 bits per heavy atom. The zero-order valence-corrected chi connectivity index (χ0v) is 18.7. The van der Waals surface area contributed by atoms with Crippen molar-refractivity contribution >= 4 is 11.9 Å². The molecule has 170 valence electrons. The van der Waals surface area contributed by atoms with Crippen LogP contribution in [0.5, 0.6) is 17.2 Å². The first-order chi connectivity index (χ1) is 15.4. The van der Waals surface area contributed by atoms with Gasteiger partial charge in [0.1, 0.15) is 11.7 Å². The quantitative estimate of drug-likeness (QED) is 0.629. The summed E-state index contributed by atoms with van der Waals surface area (Å²) in [5.74, 6) is -1.02. The Balaban J connectivity index is 1.61. The Kier molecular flexibility index (Phi) is 6.00. The van der Waals surface area contributed by atoms with Crippen LogP contribution in [-0.2, 0) is 16.0 Å². The predicted octanol–water partition coefficient (Wildman–Crippen LogP) is 3.85. The molecule has 1 fully saturated rings. The number of aliphatic carboxylic acids is 1. The molecule has 4 rings (SSSR count). The second kappa shape index (κ2) is 8.73. The van der Waals surface area contributed by atoms with Crippen LogP contribution in [0.4, 0.5) is 0 Å². The fourth-order valence-electron chi connectivity index (χ4n) is 4.83. The number of piperidine rings is 1. The average molecular weight is 440 g/mol. The van der Waals surface area contributed by atoms with Gasteiger partial charge in [-0.25, -0.2) is 0 Å². The molecule has 2 aliphatic heterocycles. The Morgan fingerprint density at radius 1 is 1.16 bits per heavy atom. The van der Waals surface area contributed by atoms with E-state index < -0.39 is 29.4 Å². The van der Waals surface area contributed by atoms with Crippen LogP contribution in [0.15, 0.2) is 42.5 Å². The molecule has 0 aliphatic carbocycles. The van der Waals surface area contributed by atoms with E-state index in [1.165, 1.54) is 0 Å². The van der Waals surface area contributed by atoms with Crippen LogP contribution in [0.3, 0.4) is 0 Å². The van der Waals surface area contributed by atoms with E-state index in [2.05, 4.69) is 0 Å². The maximum absolute atomic E-state index is 13.3. The van der Waals surface area contributed by atoms with Gasteiger partial charge >= 0.3 is 5.97 Å². The van der Waals surface area contributed by atoms with Crippen LogP contribution >= 0.6 is 0 Å². The van der Waals surface area contributed by atoms with Crippen LogP contribution in [0.2, 0.25) is 0 Å². The molecule has 2 aromatic rings. The number of nitrogens with zero attached hydrogens (tertiary/aromatic N) is 1. The summed E-state index contributed by atoms with van der Waals surface area (Å²) in [5, 5.41) is 9.89. The maximum atomic E-state index is 13.3. The number of carboxylic acid groups (broad SMARTS) is 1. The zero-order chi connectivity index (χ0) is 22.9. The van der Waals surface area contributed by atoms with E-state index >= 15 is 0 Å². The maximum Gasteiger partial charge on any atom is 0.316 e. The largest absolute Gasteiger partial charge is 0.490 e. The lowest BCUT2D eigenvalue weighted by Gasteiger charge is -2.52. The molecule has 0 radical (unpaired) electrons. The summed E-state index contributed by atoms with van der Waals surface area (Å²) in [6.45, 7) is 7.10. The number of fused-ring (bicyclic) bond motifs is 4. The minimum absolute atomic E-state index is 0.341. The third-order valence-corrected chi connectivity index (χ3v) is 6.25. The number of carbonyl (C=O) groups is 2. The number of hydrogen-bond donors (Lipinski definition) is 1. The van der Waals surface area contributed by atoms with Gasteiger partial charge in [0.2, 0.25) is 5.91 Å². The average Bonchev–Trinajstić information content (AvgIpc) is 2.75. The standard InChI is InChI=1S/C25H29NO6/c1-4-30-20-11-10-16(14-21(20)31-5-2)12-13-26-23(27)22(24(28)29)18-15-25(26,3)32-19-9-7-6-8-17(18)19/h6-11,14,18,22H,4-5,12-13,15H2,1-3H3,(H,28,29). The van der Waals surface area contributed by atoms with Gasteiger partial charge in [0, 0.05) is 18.9 Å². The smallest absolute Gasteiger partial charge is 0.316 e. The van der Waals surface area contributed by atoms with E-state index in [-0.39, 0.29) is 0 Å². The fourth-order valence-corrected chi connectivity index (χ4v) is 4.83. The first kappa shape index (κ1) is 22.0. The van der Waals surface area contributed by atoms with E-state index in [1.807, 2.05) is 63.2 Å². The van der Waals surface area contributed by atoms with Gasteiger partial charge < -0.3 is 24.2 Å². The predicted molar refractivity (Wildman–Crippen MR) is 118 cm³/mol. The molecule has 0 aromatic heterocycles. The lowest BCUT2D eigenvalue weighted by Crippen LogP contribution is -2.64. The van der Waals surface area contributed by atoms with E-state index in [0.717, 1.165) is 11.1 Å². The van der Waals surface area contributed by atoms with Crippen LogP contribution in [0, 0.1) is 5.92 Å². The summed E-state index contributed by atoms with van der Waals surface area (Å²) in [6.07, 6.45) is 0.982. The molecule has 7 heteroatoms. The Bertz CT molecular complexity index is 1020. The van der Waals surface area contributed by atoms with Crippen molar-refractivity contribution in [2.75, 3.05) is 19.8 Å². The SMILES string of the molecule is CCOc1ccc(CCN2C(=O)C(C(=O)O)C3CC2(C)Oc2ccccc23)cc1OCC. The molecule has 2 bridgehead atoms. The van der Waals surface area contributed by atoms with Gasteiger partial charge in [-0.15, -0.1) is 0 Å². The Morgan fingerprint density at radius 3 is 2.59 bits per heavy atom. The highest BCUT2D eigenvalue weighted by molar-refractivity contribution is 5.99. The third kappa shape index (κ3) is 3.87. The van der Waals surface area contributed by atoms with Crippen molar-refractivity contribution in [3.05, 3.63) is 53.6 Å². The number of amides is 1. The van der Waals surface area contributed by atoms with Gasteiger partial charge in [0.05, 0.1) is 13.2 Å². The van der Waals surface area contributed by atoms with Gasteiger partial charge in [0.15, 0.2) is 17.2 Å². The molecule has 32 heavy (non-hydrogen) atoms. The monoisotopic (exact) mass is 439 g/mol. The number of carboxylic acids is 1. The van der Waals surface area contributed by atoms with Crippen molar-refractivity contribution in [3.63, 3.8) is 0 Å². The van der Waals surface area contributed by atoms with Crippen molar-refractivity contribution in [2.24, 2.45) is 5.92 Å². The van der Waals surface area contributed by atoms with Crippen LogP contribution < -0.4 is 14.2 Å². The summed E-state index contributed by atoms with van der Waals surface area (Å²) < 4.78 is 17.6. The summed E-state index contributed by atoms with van der Waals surface area (Å²) in [7, 11) is 0. The third-order valence-electron chi connectivity index (χ3n) is 6.25. The second-order valence-corrected chi connectivity index (χ2v) is 8.33. The Hall–Kier alpha value is -3.22. The zero-order valence-electron chi connectivity index (χ0n) is 18.7. The van der Waals surface area contributed by atoms with Crippen molar-refractivity contribution < 1.29 is 28.9 Å². The lowest BCUT2D eigenvalue weighted by molar-refractivity contribution is -0.180. The highest BCUT2D eigenvalue weighted by Crippen LogP contribution is 2.50. The number of benzene rings is 2. The normalized spacial score (nSPS) is 23.8. The molecule has 7 nitrogen and oxygen atoms in total. The molecule has 3 atom stereocenters. The van der Waals surface area contributed by atoms with Crippen molar-refractivity contribution in [3.8, 4) is 17.2 Å². The number of para-hydroxylation sites is 1. The van der Waals surface area contributed by atoms with E-state index in [1.54, 1.807) is 4.90 Å². The molecule has 2 heterocycles. The van der Waals surface area contributed by atoms with Gasteiger partial charge in [0.25, 0.3) is 0 Å². The molecule has 2 aliphatic rings. The molecule has 1 N–H and O–H groups in total. The first-order valence-corrected chi connectivity index (χ1v) is 11.1. The van der Waals surface area contributed by atoms with Gasteiger partial charge in [-0.3, -0.25) is 9.59 Å². The van der Waals surface area contributed by atoms with Crippen LogP contribution in [0.25, 0.3) is 0 Å². The summed E-state index contributed by atoms with van der Waals surface area (Å²) in [4.78, 5) is 27.0. The van der Waals surface area contributed by atoms with E-state index in [4.69, 9.17) is 14.2 Å². The molecule has 0 saturated carbocycles. The van der Waals surface area contributed by atoms with Crippen LogP contribution in [-0.4, -0.2) is 47.4 Å². The van der Waals surface area contributed by atoms with Crippen LogP contribution in [0.1, 0.15) is 44.2 Å².